The van der Waals surface area contributed by atoms with Crippen molar-refractivity contribution >= 4 is 23.4 Å². The number of hydrogen-bond donors (Lipinski definition) is 1. The highest BCUT2D eigenvalue weighted by atomic mass is 35.5. The van der Waals surface area contributed by atoms with Crippen LogP contribution in [-0.4, -0.2) is 43.5 Å². The highest BCUT2D eigenvalue weighted by Crippen LogP contribution is 2.32. The molecule has 2 amide bonds. The molecule has 138 valence electrons. The predicted molar refractivity (Wildman–Crippen MR) is 99.1 cm³/mol. The Kier molecular flexibility index (Phi) is 6.71. The molecule has 1 fully saturated rings. The van der Waals surface area contributed by atoms with E-state index in [0.29, 0.717) is 36.7 Å². The smallest absolute Gasteiger partial charge is 0.260 e. The second kappa shape index (κ2) is 8.56. The van der Waals surface area contributed by atoms with Crippen LogP contribution in [0.3, 0.4) is 0 Å². The van der Waals surface area contributed by atoms with E-state index in [0.717, 1.165) is 11.1 Å². The number of aryl methyl sites for hydroxylation is 1. The molecular formula is C19H27ClN2O3. The normalized spacial score (nSPS) is 15.4. The van der Waals surface area contributed by atoms with Gasteiger partial charge >= 0.3 is 0 Å². The van der Waals surface area contributed by atoms with Gasteiger partial charge in [0.25, 0.3) is 5.91 Å². The van der Waals surface area contributed by atoms with Gasteiger partial charge in [0.1, 0.15) is 5.75 Å². The van der Waals surface area contributed by atoms with Gasteiger partial charge in [0.05, 0.1) is 0 Å². The maximum absolute atomic E-state index is 12.4. The van der Waals surface area contributed by atoms with Crippen LogP contribution in [-0.2, 0) is 9.59 Å². The summed E-state index contributed by atoms with van der Waals surface area (Å²) in [6.45, 7) is 7.25. The second-order valence-corrected chi connectivity index (χ2v) is 7.26. The Morgan fingerprint density at radius 2 is 1.96 bits per heavy atom. The first-order valence-corrected chi connectivity index (χ1v) is 9.13. The Morgan fingerprint density at radius 1 is 1.32 bits per heavy atom. The molecule has 0 radical (unpaired) electrons. The topological polar surface area (TPSA) is 58.6 Å². The van der Waals surface area contributed by atoms with Crippen molar-refractivity contribution in [2.75, 3.05) is 26.7 Å². The van der Waals surface area contributed by atoms with Gasteiger partial charge in [-0.1, -0.05) is 25.4 Å². The lowest BCUT2D eigenvalue weighted by molar-refractivity contribution is -0.137. The van der Waals surface area contributed by atoms with Crippen LogP contribution in [0.1, 0.15) is 43.7 Å². The van der Waals surface area contributed by atoms with Crippen LogP contribution >= 0.6 is 11.6 Å². The molecule has 0 unspecified atom stereocenters. The average Bonchev–Trinajstić information content (AvgIpc) is 2.61. The van der Waals surface area contributed by atoms with E-state index in [9.17, 15) is 9.59 Å². The Hall–Kier alpha value is -1.75. The molecule has 0 saturated carbocycles. The fourth-order valence-electron chi connectivity index (χ4n) is 3.07. The van der Waals surface area contributed by atoms with Gasteiger partial charge in [-0.25, -0.2) is 0 Å². The number of amides is 2. The molecule has 1 N–H and O–H groups in total. The van der Waals surface area contributed by atoms with Gasteiger partial charge in [0, 0.05) is 31.1 Å². The first-order chi connectivity index (χ1) is 11.8. The largest absolute Gasteiger partial charge is 0.483 e. The minimum atomic E-state index is -0.0438. The molecule has 0 bridgehead atoms. The van der Waals surface area contributed by atoms with Crippen LogP contribution in [0.2, 0.25) is 5.02 Å². The first-order valence-electron chi connectivity index (χ1n) is 8.75. The average molecular weight is 367 g/mol. The summed E-state index contributed by atoms with van der Waals surface area (Å²) in [5.74, 6) is 0.984. The van der Waals surface area contributed by atoms with E-state index in [4.69, 9.17) is 16.3 Å². The maximum atomic E-state index is 12.4. The third kappa shape index (κ3) is 4.88. The van der Waals surface area contributed by atoms with Gasteiger partial charge in [-0.05, 0) is 48.9 Å². The van der Waals surface area contributed by atoms with Crippen LogP contribution in [0.15, 0.2) is 12.1 Å². The van der Waals surface area contributed by atoms with E-state index in [1.807, 2.05) is 19.1 Å². The number of benzene rings is 1. The highest BCUT2D eigenvalue weighted by Gasteiger charge is 2.27. The fraction of sp³-hybridized carbons (Fsp3) is 0.579. The molecule has 25 heavy (non-hydrogen) atoms. The molecule has 1 aromatic carbocycles. The number of nitrogens with one attached hydrogen (secondary N) is 1. The maximum Gasteiger partial charge on any atom is 0.260 e. The van der Waals surface area contributed by atoms with Crippen molar-refractivity contribution in [2.24, 2.45) is 5.92 Å². The third-order valence-electron chi connectivity index (χ3n) is 4.73. The summed E-state index contributed by atoms with van der Waals surface area (Å²) >= 11 is 6.20. The van der Waals surface area contributed by atoms with Crippen LogP contribution < -0.4 is 10.1 Å². The van der Waals surface area contributed by atoms with E-state index in [2.05, 4.69) is 19.2 Å². The zero-order valence-corrected chi connectivity index (χ0v) is 16.2. The molecule has 0 atom stereocenters. The lowest BCUT2D eigenvalue weighted by atomic mass is 9.96. The molecule has 5 nitrogen and oxygen atoms in total. The number of rotatable bonds is 5. The number of hydrogen-bond acceptors (Lipinski definition) is 3. The summed E-state index contributed by atoms with van der Waals surface area (Å²) in [6, 6.07) is 3.80. The van der Waals surface area contributed by atoms with Crippen molar-refractivity contribution in [1.29, 1.82) is 0 Å². The van der Waals surface area contributed by atoms with Gasteiger partial charge in [-0.3, -0.25) is 9.59 Å². The summed E-state index contributed by atoms with van der Waals surface area (Å²) in [5.41, 5.74) is 1.93. The lowest BCUT2D eigenvalue weighted by Crippen LogP contribution is -2.44. The molecule has 2 rings (SSSR count). The Balaban J connectivity index is 1.95. The van der Waals surface area contributed by atoms with Crippen LogP contribution in [0, 0.1) is 12.8 Å². The molecule has 1 aliphatic rings. The monoisotopic (exact) mass is 366 g/mol. The van der Waals surface area contributed by atoms with Crippen molar-refractivity contribution in [1.82, 2.24) is 10.2 Å². The summed E-state index contributed by atoms with van der Waals surface area (Å²) in [5, 5.41) is 3.38. The highest BCUT2D eigenvalue weighted by molar-refractivity contribution is 6.31. The number of nitrogens with zero attached hydrogens (tertiary/aromatic N) is 1. The minimum absolute atomic E-state index is 0.00132. The Bertz CT molecular complexity index is 638. The number of likely N-dealkylation sites (tertiary alicyclic amines) is 1. The van der Waals surface area contributed by atoms with E-state index in [-0.39, 0.29) is 30.3 Å². The van der Waals surface area contributed by atoms with Gasteiger partial charge in [-0.2, -0.15) is 0 Å². The number of piperidine rings is 1. The number of ether oxygens (including phenoxy) is 1. The van der Waals surface area contributed by atoms with Gasteiger partial charge in [0.15, 0.2) is 6.61 Å². The number of carbonyl (C=O) groups is 2. The zero-order chi connectivity index (χ0) is 18.6. The standard InChI is InChI=1S/C19H27ClN2O3/c1-12(2)15-10-16(20)13(3)9-17(15)25-11-18(23)22-7-5-14(6-8-22)19(24)21-4/h9-10,12,14H,5-8,11H2,1-4H3,(H,21,24). The fourth-order valence-corrected chi connectivity index (χ4v) is 3.24. The van der Waals surface area contributed by atoms with Crippen molar-refractivity contribution in [3.63, 3.8) is 0 Å². The van der Waals surface area contributed by atoms with Gasteiger partial charge in [0.2, 0.25) is 5.91 Å². The Morgan fingerprint density at radius 3 is 2.52 bits per heavy atom. The van der Waals surface area contributed by atoms with Crippen LogP contribution in [0.5, 0.6) is 5.75 Å². The van der Waals surface area contributed by atoms with Crippen LogP contribution in [0.4, 0.5) is 0 Å². The molecule has 6 heteroatoms. The molecule has 0 aromatic heterocycles. The molecule has 1 aliphatic heterocycles. The molecule has 0 spiro atoms. The summed E-state index contributed by atoms with van der Waals surface area (Å²) < 4.78 is 5.82. The van der Waals surface area contributed by atoms with Gasteiger partial charge < -0.3 is 15.0 Å². The van der Waals surface area contributed by atoms with Gasteiger partial charge in [-0.15, -0.1) is 0 Å². The summed E-state index contributed by atoms with van der Waals surface area (Å²) in [4.78, 5) is 25.9. The Labute approximate surface area is 154 Å². The molecular weight excluding hydrogens is 340 g/mol. The third-order valence-corrected chi connectivity index (χ3v) is 5.14. The second-order valence-electron chi connectivity index (χ2n) is 6.85. The van der Waals surface area contributed by atoms with E-state index < -0.39 is 0 Å². The van der Waals surface area contributed by atoms with Crippen molar-refractivity contribution in [2.45, 2.75) is 39.5 Å². The number of carbonyl (C=O) groups excluding carboxylic acids is 2. The van der Waals surface area contributed by atoms with E-state index >= 15 is 0 Å². The van der Waals surface area contributed by atoms with E-state index in [1.54, 1.807) is 11.9 Å². The molecule has 0 aliphatic carbocycles. The summed E-state index contributed by atoms with van der Waals surface area (Å²) in [6.07, 6.45) is 1.39. The predicted octanol–water partition coefficient (Wildman–Crippen LogP) is 3.14. The zero-order valence-electron chi connectivity index (χ0n) is 15.4. The van der Waals surface area contributed by atoms with Crippen molar-refractivity contribution < 1.29 is 14.3 Å². The van der Waals surface area contributed by atoms with E-state index in [1.165, 1.54) is 0 Å². The molecule has 1 aromatic rings. The van der Waals surface area contributed by atoms with Crippen molar-refractivity contribution in [3.05, 3.63) is 28.3 Å². The summed E-state index contributed by atoms with van der Waals surface area (Å²) in [7, 11) is 1.65. The first kappa shape index (κ1) is 19.6. The lowest BCUT2D eigenvalue weighted by Gasteiger charge is -2.31. The number of halogens is 1. The van der Waals surface area contributed by atoms with Crippen molar-refractivity contribution in [3.8, 4) is 5.75 Å². The molecule has 1 heterocycles. The minimum Gasteiger partial charge on any atom is -0.483 e. The quantitative estimate of drug-likeness (QED) is 0.870. The van der Waals surface area contributed by atoms with Crippen LogP contribution in [0.25, 0.3) is 0 Å². The molecule has 1 saturated heterocycles. The SMILES string of the molecule is CNC(=O)C1CCN(C(=O)COc2cc(C)c(Cl)cc2C(C)C)CC1.